The van der Waals surface area contributed by atoms with E-state index < -0.39 is 6.10 Å². The minimum Gasteiger partial charge on any atom is -0.399 e. The highest BCUT2D eigenvalue weighted by atomic mass is 17.1. The van der Waals surface area contributed by atoms with Gasteiger partial charge in [0.05, 0.1) is 0 Å². The number of hydrogen-bond donors (Lipinski definition) is 3. The maximum atomic E-state index is 9.57. The highest BCUT2D eigenvalue weighted by Crippen LogP contribution is 2.44. The topological polar surface area (TPSA) is 81.5 Å². The van der Waals surface area contributed by atoms with Crippen LogP contribution in [-0.2, 0) is 4.89 Å². The van der Waals surface area contributed by atoms with Crippen molar-refractivity contribution in [1.29, 1.82) is 0 Å². The molecule has 4 heteroatoms. The third kappa shape index (κ3) is 6.34. The molecule has 2 aromatic rings. The van der Waals surface area contributed by atoms with Crippen LogP contribution < -0.4 is 11.5 Å². The largest absolute Gasteiger partial charge is 0.399 e. The van der Waals surface area contributed by atoms with Crippen LogP contribution in [0.1, 0.15) is 113 Å². The van der Waals surface area contributed by atoms with Gasteiger partial charge in [0.15, 0.2) is 0 Å². The van der Waals surface area contributed by atoms with Crippen LogP contribution in [0.4, 0.5) is 11.4 Å². The molecule has 0 aromatic heterocycles. The zero-order valence-corrected chi connectivity index (χ0v) is 20.9. The molecule has 0 radical (unpaired) electrons. The zero-order chi connectivity index (χ0) is 23.9. The summed E-state index contributed by atoms with van der Waals surface area (Å²) in [5.41, 5.74) is 16.1. The van der Waals surface area contributed by atoms with Crippen molar-refractivity contribution in [3.05, 3.63) is 59.2 Å². The first-order valence-electron chi connectivity index (χ1n) is 13.6. The SMILES string of the molecule is CCCCCC1CCC(C2CCC(c3ccc(C(OO)c4cc(N)cc(N)c4)cc3)CC2)CC1. The number of rotatable bonds is 9. The van der Waals surface area contributed by atoms with E-state index in [1.54, 1.807) is 18.2 Å². The summed E-state index contributed by atoms with van der Waals surface area (Å²) in [7, 11) is 0. The molecule has 0 amide bonds. The first-order valence-corrected chi connectivity index (χ1v) is 13.6. The second-order valence-electron chi connectivity index (χ2n) is 11.0. The van der Waals surface area contributed by atoms with Crippen LogP contribution in [0.15, 0.2) is 42.5 Å². The van der Waals surface area contributed by atoms with Crippen molar-refractivity contribution >= 4 is 11.4 Å². The van der Waals surface area contributed by atoms with Gasteiger partial charge in [-0.3, -0.25) is 5.26 Å². The molecule has 0 aliphatic heterocycles. The fourth-order valence-electron chi connectivity index (χ4n) is 6.67. The van der Waals surface area contributed by atoms with Gasteiger partial charge in [0.1, 0.15) is 6.10 Å². The summed E-state index contributed by atoms with van der Waals surface area (Å²) in [5.74, 6) is 3.56. The molecule has 0 spiro atoms. The molecule has 4 rings (SSSR count). The number of nitrogens with two attached hydrogens (primary N) is 2. The molecular formula is C30H44N2O2. The Morgan fingerprint density at radius 3 is 1.94 bits per heavy atom. The fraction of sp³-hybridized carbons (Fsp3) is 0.600. The summed E-state index contributed by atoms with van der Waals surface area (Å²) < 4.78 is 0. The maximum Gasteiger partial charge on any atom is 0.143 e. The molecule has 4 nitrogen and oxygen atoms in total. The lowest BCUT2D eigenvalue weighted by molar-refractivity contribution is -0.270. The van der Waals surface area contributed by atoms with E-state index in [9.17, 15) is 5.26 Å². The number of anilines is 2. The lowest BCUT2D eigenvalue weighted by Crippen LogP contribution is -2.25. The van der Waals surface area contributed by atoms with Crippen molar-refractivity contribution in [2.45, 2.75) is 96.0 Å². The van der Waals surface area contributed by atoms with Gasteiger partial charge >= 0.3 is 0 Å². The van der Waals surface area contributed by atoms with Gasteiger partial charge in [-0.1, -0.05) is 69.7 Å². The van der Waals surface area contributed by atoms with Crippen molar-refractivity contribution in [3.63, 3.8) is 0 Å². The molecule has 2 aliphatic carbocycles. The fourth-order valence-corrected chi connectivity index (χ4v) is 6.67. The summed E-state index contributed by atoms with van der Waals surface area (Å²) in [6.07, 6.45) is 16.3. The first-order chi connectivity index (χ1) is 16.6. The van der Waals surface area contributed by atoms with Crippen LogP contribution in [0.5, 0.6) is 0 Å². The highest BCUT2D eigenvalue weighted by Gasteiger charge is 2.31. The molecule has 0 heterocycles. The van der Waals surface area contributed by atoms with Gasteiger partial charge in [-0.2, -0.15) is 0 Å². The van der Waals surface area contributed by atoms with Crippen LogP contribution >= 0.6 is 0 Å². The van der Waals surface area contributed by atoms with Gasteiger partial charge in [0.2, 0.25) is 0 Å². The Balaban J connectivity index is 1.29. The van der Waals surface area contributed by atoms with Crippen molar-refractivity contribution in [2.75, 3.05) is 11.5 Å². The van der Waals surface area contributed by atoms with E-state index in [1.807, 2.05) is 0 Å². The maximum absolute atomic E-state index is 9.57. The van der Waals surface area contributed by atoms with E-state index in [0.29, 0.717) is 17.3 Å². The average molecular weight is 465 g/mol. The standard InChI is InChI=1S/C30H44N2O2/c1-2-3-4-5-21-6-8-22(9-7-21)23-10-12-24(13-11-23)25-14-16-26(17-15-25)30(34-33)27-18-28(31)20-29(32)19-27/h14-24,30,33H,2-13,31-32H2,1H3. The van der Waals surface area contributed by atoms with E-state index in [0.717, 1.165) is 28.9 Å². The second kappa shape index (κ2) is 12.1. The van der Waals surface area contributed by atoms with Gasteiger partial charge in [0, 0.05) is 11.4 Å². The predicted molar refractivity (Wildman–Crippen MR) is 142 cm³/mol. The minimum absolute atomic E-state index is 0.565. The lowest BCUT2D eigenvalue weighted by Gasteiger charge is -2.38. The summed E-state index contributed by atoms with van der Waals surface area (Å²) in [4.78, 5) is 4.82. The van der Waals surface area contributed by atoms with Crippen LogP contribution in [0, 0.1) is 17.8 Å². The van der Waals surface area contributed by atoms with Gasteiger partial charge < -0.3 is 11.5 Å². The third-order valence-corrected chi connectivity index (χ3v) is 8.66. The molecule has 0 saturated heterocycles. The minimum atomic E-state index is -0.590. The quantitative estimate of drug-likeness (QED) is 0.152. The van der Waals surface area contributed by atoms with Crippen molar-refractivity contribution in [1.82, 2.24) is 0 Å². The molecule has 2 saturated carbocycles. The molecule has 34 heavy (non-hydrogen) atoms. The lowest BCUT2D eigenvalue weighted by atomic mass is 9.68. The highest BCUT2D eigenvalue weighted by molar-refractivity contribution is 5.55. The number of benzene rings is 2. The Morgan fingerprint density at radius 2 is 1.38 bits per heavy atom. The van der Waals surface area contributed by atoms with Crippen molar-refractivity contribution in [3.8, 4) is 0 Å². The normalized spacial score (nSPS) is 26.3. The summed E-state index contributed by atoms with van der Waals surface area (Å²) >= 11 is 0. The smallest absolute Gasteiger partial charge is 0.143 e. The van der Waals surface area contributed by atoms with E-state index in [1.165, 1.54) is 82.6 Å². The van der Waals surface area contributed by atoms with Crippen LogP contribution in [-0.4, -0.2) is 5.26 Å². The monoisotopic (exact) mass is 464 g/mol. The average Bonchev–Trinajstić information content (AvgIpc) is 2.85. The molecule has 186 valence electrons. The van der Waals surface area contributed by atoms with Gasteiger partial charge in [-0.25, -0.2) is 4.89 Å². The van der Waals surface area contributed by atoms with E-state index in [2.05, 4.69) is 31.2 Å². The molecular weight excluding hydrogens is 420 g/mol. The Kier molecular flexibility index (Phi) is 8.91. The van der Waals surface area contributed by atoms with Gasteiger partial charge in [-0.15, -0.1) is 0 Å². The molecule has 2 aliphatic rings. The Morgan fingerprint density at radius 1 is 0.794 bits per heavy atom. The van der Waals surface area contributed by atoms with Crippen LogP contribution in [0.25, 0.3) is 0 Å². The van der Waals surface area contributed by atoms with Crippen LogP contribution in [0.2, 0.25) is 0 Å². The molecule has 1 atom stereocenters. The molecule has 0 bridgehead atoms. The van der Waals surface area contributed by atoms with Crippen molar-refractivity contribution in [2.24, 2.45) is 17.8 Å². The van der Waals surface area contributed by atoms with E-state index >= 15 is 0 Å². The summed E-state index contributed by atoms with van der Waals surface area (Å²) in [6, 6.07) is 13.9. The number of unbranched alkanes of at least 4 members (excludes halogenated alkanes) is 2. The number of nitrogen functional groups attached to an aromatic ring is 2. The number of hydrogen-bond acceptors (Lipinski definition) is 4. The van der Waals surface area contributed by atoms with Crippen LogP contribution in [0.3, 0.4) is 0 Å². The third-order valence-electron chi connectivity index (χ3n) is 8.66. The summed E-state index contributed by atoms with van der Waals surface area (Å²) in [5, 5.41) is 9.57. The second-order valence-corrected chi connectivity index (χ2v) is 11.0. The Labute approximate surface area is 206 Å². The van der Waals surface area contributed by atoms with E-state index in [-0.39, 0.29) is 0 Å². The Bertz CT molecular complexity index is 861. The van der Waals surface area contributed by atoms with Gasteiger partial charge in [-0.05, 0) is 97.1 Å². The summed E-state index contributed by atoms with van der Waals surface area (Å²) in [6.45, 7) is 2.31. The molecule has 2 aromatic carbocycles. The zero-order valence-electron chi connectivity index (χ0n) is 20.9. The molecule has 5 N–H and O–H groups in total. The predicted octanol–water partition coefficient (Wildman–Crippen LogP) is 8.09. The van der Waals surface area contributed by atoms with E-state index in [4.69, 9.17) is 16.4 Å². The molecule has 1 unspecified atom stereocenters. The van der Waals surface area contributed by atoms with Gasteiger partial charge in [0.25, 0.3) is 0 Å². The Hall–Kier alpha value is -2.04. The first kappa shape index (κ1) is 25.1. The molecule has 2 fully saturated rings. The van der Waals surface area contributed by atoms with Crippen molar-refractivity contribution < 1.29 is 10.1 Å².